The van der Waals surface area contributed by atoms with Gasteiger partial charge in [0, 0.05) is 115 Å². The molecule has 12 heteroatoms. The summed E-state index contributed by atoms with van der Waals surface area (Å²) in [5, 5.41) is 12.8. The van der Waals surface area contributed by atoms with Crippen LogP contribution in [0.4, 0.5) is 0 Å². The first kappa shape index (κ1) is 63.3. The Bertz CT molecular complexity index is 8130. The van der Waals surface area contributed by atoms with Crippen molar-refractivity contribution in [3.05, 3.63) is 352 Å². The average molecular weight is 1460 g/mol. The van der Waals surface area contributed by atoms with E-state index in [0.717, 1.165) is 177 Å². The topological polar surface area (TPSA) is 140 Å². The highest BCUT2D eigenvalue weighted by molar-refractivity contribution is 6.15. The van der Waals surface area contributed by atoms with E-state index in [4.69, 9.17) is 47.6 Å². The SMILES string of the molecule is c1ccc(-c2nc(-c3ccc4c(c3)oc3cc(-c5ccc6c7ccccc7n(-c7ccccc7)c6c5)ccc34)nc(-c3ccc4c(c3)oc3ccc(-c5cccc(-c6nc(-c7ccc8c(c7)oc7ccccc78)nc(-c7ccc8c(c7)oc7c(-c9ccc%10c%11ccccc%11n(-c%11ccccc%11)c%10c9)cccc78)n6)c5)cc34)n2)cc1. The molecule has 0 bridgehead atoms. The zero-order chi connectivity index (χ0) is 74.6. The molecule has 0 spiro atoms. The Morgan fingerprint density at radius 1 is 0.167 bits per heavy atom. The summed E-state index contributed by atoms with van der Waals surface area (Å²) in [7, 11) is 0. The summed E-state index contributed by atoms with van der Waals surface area (Å²) >= 11 is 0. The normalized spacial score (nSPS) is 12.0. The van der Waals surface area contributed by atoms with Crippen LogP contribution in [0.15, 0.2) is 370 Å². The van der Waals surface area contributed by atoms with Gasteiger partial charge < -0.3 is 26.8 Å². The van der Waals surface area contributed by atoms with Gasteiger partial charge in [0.25, 0.3) is 0 Å². The number of fused-ring (bicyclic) bond motifs is 18. The molecule has 0 radical (unpaired) electrons. The second kappa shape index (κ2) is 24.9. The van der Waals surface area contributed by atoms with Gasteiger partial charge in [-0.1, -0.05) is 218 Å². The molecular formula is C102H58N8O4. The van der Waals surface area contributed by atoms with Gasteiger partial charge in [0.2, 0.25) is 0 Å². The lowest BCUT2D eigenvalue weighted by molar-refractivity contribution is 0.668. The third-order valence-corrected chi connectivity index (χ3v) is 22.6. The number of benzene rings is 16. The van der Waals surface area contributed by atoms with Crippen molar-refractivity contribution in [1.82, 2.24) is 39.0 Å². The molecule has 0 aliphatic rings. The lowest BCUT2D eigenvalue weighted by Crippen LogP contribution is -2.00. The van der Waals surface area contributed by atoms with Gasteiger partial charge in [-0.3, -0.25) is 0 Å². The minimum Gasteiger partial charge on any atom is -0.456 e. The Hall–Kier alpha value is -15.7. The fourth-order valence-corrected chi connectivity index (χ4v) is 17.2. The second-order valence-electron chi connectivity index (χ2n) is 29.3. The molecule has 16 aromatic carbocycles. The van der Waals surface area contributed by atoms with Crippen molar-refractivity contribution >= 4 is 131 Å². The summed E-state index contributed by atoms with van der Waals surface area (Å²) in [6, 6.07) is 122. The maximum absolute atomic E-state index is 7.02. The maximum Gasteiger partial charge on any atom is 0.164 e. The van der Waals surface area contributed by atoms with Crippen LogP contribution < -0.4 is 0 Å². The van der Waals surface area contributed by atoms with Crippen molar-refractivity contribution in [2.24, 2.45) is 0 Å². The molecule has 0 fully saturated rings. The summed E-state index contributed by atoms with van der Waals surface area (Å²) in [6.07, 6.45) is 0. The summed E-state index contributed by atoms with van der Waals surface area (Å²) in [4.78, 5) is 31.4. The first-order valence-corrected chi connectivity index (χ1v) is 38.1. The van der Waals surface area contributed by atoms with E-state index in [-0.39, 0.29) is 0 Å². The van der Waals surface area contributed by atoms with Gasteiger partial charge in [-0.25, -0.2) is 29.9 Å². The molecule has 24 rings (SSSR count). The largest absolute Gasteiger partial charge is 0.456 e. The molecule has 0 atom stereocenters. The van der Waals surface area contributed by atoms with Gasteiger partial charge in [0.15, 0.2) is 34.9 Å². The van der Waals surface area contributed by atoms with Gasteiger partial charge in [-0.2, -0.15) is 0 Å². The first-order chi connectivity index (χ1) is 56.4. The van der Waals surface area contributed by atoms with Gasteiger partial charge in [-0.05, 0) is 161 Å². The van der Waals surface area contributed by atoms with E-state index >= 15 is 0 Å². The molecular weight excluding hydrogens is 1400 g/mol. The molecule has 0 aliphatic heterocycles. The molecule has 24 aromatic rings. The molecule has 8 aromatic heterocycles. The standard InChI is InChI=1S/C102H58N8O4/c1-4-18-59(19-5-1)97-103-99(67-38-46-80-79-44-35-63(54-91(79)113-93(80)56-67)62-34-42-75-73-26-10-13-31-85(73)109(87(75)52-62)70-22-6-2-7-23-70)107-100(104-97)68-40-48-82-84-51-61(41-49-90(84)112-94(82)57-68)60-20-16-21-65(50-60)98-105-101(66-37-45-78-77-28-12-15-33-89(77)111-92(78)55-66)108-102(106-98)69-39-47-81-83-30-17-29-72(96(83)114-95(81)58-69)64-36-43-76-74-27-11-14-32-86(74)110(88(76)53-64)71-24-8-3-9-25-71/h1-58H. The quantitative estimate of drug-likeness (QED) is 0.123. The van der Waals surface area contributed by atoms with Crippen molar-refractivity contribution < 1.29 is 17.7 Å². The van der Waals surface area contributed by atoms with Crippen LogP contribution in [0.2, 0.25) is 0 Å². The van der Waals surface area contributed by atoms with Gasteiger partial charge in [-0.15, -0.1) is 0 Å². The van der Waals surface area contributed by atoms with Crippen molar-refractivity contribution in [2.45, 2.75) is 0 Å². The minimum absolute atomic E-state index is 0.496. The molecule has 0 amide bonds. The third-order valence-electron chi connectivity index (χ3n) is 22.6. The monoisotopic (exact) mass is 1460 g/mol. The molecule has 114 heavy (non-hydrogen) atoms. The predicted octanol–water partition coefficient (Wildman–Crippen LogP) is 26.9. The Kier molecular flexibility index (Phi) is 13.8. The average Bonchev–Trinajstić information content (AvgIpc) is 1.62. The summed E-state index contributed by atoms with van der Waals surface area (Å²) < 4.78 is 31.7. The lowest BCUT2D eigenvalue weighted by Gasteiger charge is -2.10. The number of para-hydroxylation sites is 6. The zero-order valence-electron chi connectivity index (χ0n) is 60.7. The number of nitrogens with zero attached hydrogens (tertiary/aromatic N) is 8. The van der Waals surface area contributed by atoms with E-state index in [9.17, 15) is 0 Å². The molecule has 8 heterocycles. The van der Waals surface area contributed by atoms with Gasteiger partial charge in [0.1, 0.15) is 44.7 Å². The number of aromatic nitrogens is 8. The van der Waals surface area contributed by atoms with E-state index in [1.165, 1.54) is 27.1 Å². The molecule has 0 N–H and O–H groups in total. The Morgan fingerprint density at radius 2 is 0.482 bits per heavy atom. The molecule has 0 saturated carbocycles. The van der Waals surface area contributed by atoms with E-state index in [1.807, 2.05) is 72.8 Å². The number of rotatable bonds is 11. The Morgan fingerprint density at radius 3 is 1.04 bits per heavy atom. The van der Waals surface area contributed by atoms with Crippen LogP contribution in [-0.2, 0) is 0 Å². The van der Waals surface area contributed by atoms with E-state index in [2.05, 4.69) is 288 Å². The molecule has 530 valence electrons. The highest BCUT2D eigenvalue weighted by Crippen LogP contribution is 2.45. The Balaban J connectivity index is 0.567. The zero-order valence-corrected chi connectivity index (χ0v) is 60.7. The smallest absolute Gasteiger partial charge is 0.164 e. The fraction of sp³-hybridized carbons (Fsp3) is 0. The first-order valence-electron chi connectivity index (χ1n) is 38.1. The lowest BCUT2D eigenvalue weighted by atomic mass is 10.00. The van der Waals surface area contributed by atoms with Crippen LogP contribution in [0, 0.1) is 0 Å². The number of hydrogen-bond donors (Lipinski definition) is 0. The van der Waals surface area contributed by atoms with E-state index in [1.54, 1.807) is 0 Å². The van der Waals surface area contributed by atoms with E-state index in [0.29, 0.717) is 40.5 Å². The fourth-order valence-electron chi connectivity index (χ4n) is 17.2. The molecule has 12 nitrogen and oxygen atoms in total. The number of furan rings is 4. The minimum atomic E-state index is 0.496. The third kappa shape index (κ3) is 10.2. The van der Waals surface area contributed by atoms with Crippen LogP contribution in [-0.4, -0.2) is 39.0 Å². The maximum atomic E-state index is 7.02. The van der Waals surface area contributed by atoms with E-state index < -0.39 is 0 Å². The van der Waals surface area contributed by atoms with Crippen LogP contribution >= 0.6 is 0 Å². The Labute approximate surface area is 649 Å². The second-order valence-corrected chi connectivity index (χ2v) is 29.3. The van der Waals surface area contributed by atoms with Crippen molar-refractivity contribution in [3.8, 4) is 113 Å². The van der Waals surface area contributed by atoms with Gasteiger partial charge >= 0.3 is 0 Å². The van der Waals surface area contributed by atoms with Crippen molar-refractivity contribution in [2.75, 3.05) is 0 Å². The summed E-state index contributed by atoms with van der Waals surface area (Å²) in [6.45, 7) is 0. The van der Waals surface area contributed by atoms with Crippen molar-refractivity contribution in [1.29, 1.82) is 0 Å². The van der Waals surface area contributed by atoms with Crippen molar-refractivity contribution in [3.63, 3.8) is 0 Å². The summed E-state index contributed by atoms with van der Waals surface area (Å²) in [5.74, 6) is 3.08. The highest BCUT2D eigenvalue weighted by Gasteiger charge is 2.24. The predicted molar refractivity (Wildman–Crippen MR) is 460 cm³/mol. The van der Waals surface area contributed by atoms with Crippen LogP contribution in [0.1, 0.15) is 0 Å². The summed E-state index contributed by atoms with van der Waals surface area (Å²) in [5.41, 5.74) is 23.9. The highest BCUT2D eigenvalue weighted by atomic mass is 16.3. The number of hydrogen-bond acceptors (Lipinski definition) is 10. The van der Waals surface area contributed by atoms with Crippen LogP contribution in [0.25, 0.3) is 244 Å². The van der Waals surface area contributed by atoms with Crippen LogP contribution in [0.5, 0.6) is 0 Å². The van der Waals surface area contributed by atoms with Gasteiger partial charge in [0.05, 0.1) is 22.1 Å². The molecule has 0 saturated heterocycles. The molecule has 0 unspecified atom stereocenters. The van der Waals surface area contributed by atoms with Crippen LogP contribution in [0.3, 0.4) is 0 Å². The molecule has 0 aliphatic carbocycles.